The Labute approximate surface area is 230 Å². The second kappa shape index (κ2) is 10.4. The van der Waals surface area contributed by atoms with Gasteiger partial charge in [0.05, 0.1) is 12.8 Å². The second-order valence-electron chi connectivity index (χ2n) is 9.18. The number of ether oxygens (including phenoxy) is 1. The normalized spacial score (nSPS) is 13.7. The van der Waals surface area contributed by atoms with Crippen LogP contribution in [0.5, 0.6) is 5.75 Å². The van der Waals surface area contributed by atoms with Gasteiger partial charge in [0.15, 0.2) is 0 Å². The molecule has 0 atom stereocenters. The quantitative estimate of drug-likeness (QED) is 0.368. The van der Waals surface area contributed by atoms with Crippen molar-refractivity contribution in [3.8, 4) is 22.6 Å². The Balaban J connectivity index is 1.52. The molecule has 2 aromatic heterocycles. The predicted octanol–water partition coefficient (Wildman–Crippen LogP) is 4.43. The molecule has 0 fully saturated rings. The molecule has 5 rings (SSSR count). The summed E-state index contributed by atoms with van der Waals surface area (Å²) in [6, 6.07) is 12.5. The minimum absolute atomic E-state index is 0.0158. The number of fused-ring (bicyclic) bond motifs is 1. The Morgan fingerprint density at radius 2 is 1.87 bits per heavy atom. The van der Waals surface area contributed by atoms with Gasteiger partial charge in [-0.15, -0.1) is 0 Å². The van der Waals surface area contributed by atoms with Crippen LogP contribution in [-0.4, -0.2) is 40.9 Å². The van der Waals surface area contributed by atoms with Crippen LogP contribution in [0.2, 0.25) is 5.02 Å². The molecular weight excluding hydrogens is 545 g/mol. The number of rotatable bonds is 6. The van der Waals surface area contributed by atoms with Crippen molar-refractivity contribution >= 4 is 27.6 Å². The number of benzene rings is 2. The molecule has 202 valence electrons. The lowest BCUT2D eigenvalue weighted by atomic mass is 10.0. The van der Waals surface area contributed by atoms with Crippen molar-refractivity contribution in [3.63, 3.8) is 0 Å². The molecule has 1 N–H and O–H groups in total. The fourth-order valence-electron chi connectivity index (χ4n) is 4.63. The largest absolute Gasteiger partial charge is 0.495 e. The summed E-state index contributed by atoms with van der Waals surface area (Å²) in [5.41, 5.74) is 3.39. The monoisotopic (exact) mass is 569 g/mol. The van der Waals surface area contributed by atoms with E-state index in [4.69, 9.17) is 16.3 Å². The molecule has 0 saturated heterocycles. The maximum absolute atomic E-state index is 15.5. The molecule has 0 bridgehead atoms. The molecule has 1 aliphatic rings. The van der Waals surface area contributed by atoms with Gasteiger partial charge in [-0.25, -0.2) is 14.4 Å². The highest BCUT2D eigenvalue weighted by molar-refractivity contribution is 7.90. The van der Waals surface area contributed by atoms with E-state index in [-0.39, 0.29) is 36.6 Å². The zero-order valence-electron chi connectivity index (χ0n) is 21.4. The molecule has 0 aliphatic carbocycles. The number of halogens is 2. The summed E-state index contributed by atoms with van der Waals surface area (Å²) >= 11 is 6.13. The Bertz CT molecular complexity index is 1760. The summed E-state index contributed by atoms with van der Waals surface area (Å²) in [6.07, 6.45) is 1.50. The first-order chi connectivity index (χ1) is 18.6. The third-order valence-corrected chi connectivity index (χ3v) is 8.47. The number of nitrogens with one attached hydrogen (secondary N) is 1. The molecule has 2 aromatic carbocycles. The summed E-state index contributed by atoms with van der Waals surface area (Å²) in [4.78, 5) is 21.0. The van der Waals surface area contributed by atoms with Crippen molar-refractivity contribution in [1.82, 2.24) is 18.8 Å². The van der Waals surface area contributed by atoms with Crippen molar-refractivity contribution in [2.45, 2.75) is 26.8 Å². The van der Waals surface area contributed by atoms with Crippen LogP contribution in [-0.2, 0) is 23.2 Å². The summed E-state index contributed by atoms with van der Waals surface area (Å²) in [5.74, 6) is -0.0822. The molecule has 1 aliphatic heterocycles. The minimum Gasteiger partial charge on any atom is -0.495 e. The minimum atomic E-state index is -3.93. The van der Waals surface area contributed by atoms with Crippen molar-refractivity contribution < 1.29 is 17.5 Å². The summed E-state index contributed by atoms with van der Waals surface area (Å²) in [5, 5.41) is 0.573. The number of aromatic nitrogens is 3. The van der Waals surface area contributed by atoms with E-state index in [0.717, 1.165) is 5.56 Å². The van der Waals surface area contributed by atoms with Gasteiger partial charge in [-0.05, 0) is 48.7 Å². The first kappa shape index (κ1) is 26.8. The van der Waals surface area contributed by atoms with Gasteiger partial charge in [0, 0.05) is 59.7 Å². The number of methoxy groups -OCH3 is 1. The molecule has 3 heterocycles. The van der Waals surface area contributed by atoms with Crippen molar-refractivity contribution in [3.05, 3.63) is 98.6 Å². The van der Waals surface area contributed by atoms with E-state index >= 15 is 4.39 Å². The van der Waals surface area contributed by atoms with Crippen molar-refractivity contribution in [2.24, 2.45) is 0 Å². The van der Waals surface area contributed by atoms with Crippen LogP contribution in [0.15, 0.2) is 59.7 Å². The van der Waals surface area contributed by atoms with Crippen molar-refractivity contribution in [2.75, 3.05) is 18.4 Å². The van der Waals surface area contributed by atoms with Crippen LogP contribution in [0.1, 0.15) is 22.5 Å². The first-order valence-electron chi connectivity index (χ1n) is 12.0. The third kappa shape index (κ3) is 5.25. The Hall–Kier alpha value is -3.80. The number of hydrogen-bond acceptors (Lipinski definition) is 6. The van der Waals surface area contributed by atoms with Crippen LogP contribution in [0, 0.1) is 19.7 Å². The molecular formula is C27H25ClFN5O4S. The predicted molar refractivity (Wildman–Crippen MR) is 147 cm³/mol. The number of aryl methyl sites for hydroxylation is 2. The molecule has 0 saturated carbocycles. The first-order valence-corrected chi connectivity index (χ1v) is 13.8. The zero-order chi connectivity index (χ0) is 27.9. The van der Waals surface area contributed by atoms with Crippen LogP contribution >= 0.6 is 11.6 Å². The van der Waals surface area contributed by atoms with Gasteiger partial charge in [0.2, 0.25) is 0 Å². The fraction of sp³-hybridized carbons (Fsp3) is 0.222. The van der Waals surface area contributed by atoms with E-state index in [9.17, 15) is 13.2 Å². The summed E-state index contributed by atoms with van der Waals surface area (Å²) in [6.45, 7) is 3.68. The molecule has 12 heteroatoms. The highest BCUT2D eigenvalue weighted by atomic mass is 35.5. The number of anilines is 1. The Kier molecular flexibility index (Phi) is 7.15. The lowest BCUT2D eigenvalue weighted by molar-refractivity contribution is 0.385. The van der Waals surface area contributed by atoms with E-state index in [2.05, 4.69) is 14.7 Å². The highest BCUT2D eigenvalue weighted by Crippen LogP contribution is 2.35. The SMILES string of the molecule is COc1cc(-c2ccc(Cl)c(C)c2)c(F)cc1-n1c2c(ccc1=O)CN(S(=O)(=O)Nc1cc(C)ncn1)CC2. The molecule has 0 radical (unpaired) electrons. The lowest BCUT2D eigenvalue weighted by Crippen LogP contribution is -2.41. The standard InChI is InChI=1S/C27H25ClFN5O4S/c1-16-10-18(4-6-21(16)28)20-12-25(38-3)24(13-22(20)29)34-23-8-9-33(14-19(23)5-7-27(34)35)39(36,37)32-26-11-17(2)30-15-31-26/h4-7,10-13,15H,8-9,14H2,1-3H3,(H,30,31,32). The number of nitrogens with zero attached hydrogens (tertiary/aromatic N) is 4. The topological polar surface area (TPSA) is 106 Å². The molecule has 9 nitrogen and oxygen atoms in total. The third-order valence-electron chi connectivity index (χ3n) is 6.59. The van der Waals surface area contributed by atoms with Crippen LogP contribution in [0.3, 0.4) is 0 Å². The molecule has 0 amide bonds. The second-order valence-corrected chi connectivity index (χ2v) is 11.3. The van der Waals surface area contributed by atoms with Crippen LogP contribution < -0.4 is 15.0 Å². The fourth-order valence-corrected chi connectivity index (χ4v) is 5.89. The molecule has 0 spiro atoms. The van der Waals surface area contributed by atoms with Gasteiger partial charge >= 0.3 is 10.2 Å². The van der Waals surface area contributed by atoms with Gasteiger partial charge in [-0.1, -0.05) is 23.7 Å². The maximum atomic E-state index is 15.5. The van der Waals surface area contributed by atoms with Gasteiger partial charge in [-0.3, -0.25) is 14.1 Å². The van der Waals surface area contributed by atoms with E-state index in [0.29, 0.717) is 38.9 Å². The van der Waals surface area contributed by atoms with Gasteiger partial charge in [0.1, 0.15) is 23.7 Å². The van der Waals surface area contributed by atoms with E-state index in [1.807, 2.05) is 6.92 Å². The van der Waals surface area contributed by atoms with Gasteiger partial charge in [0.25, 0.3) is 5.56 Å². The van der Waals surface area contributed by atoms with Crippen LogP contribution in [0.25, 0.3) is 16.8 Å². The molecule has 4 aromatic rings. The highest BCUT2D eigenvalue weighted by Gasteiger charge is 2.30. The van der Waals surface area contributed by atoms with E-state index in [1.165, 1.54) is 40.5 Å². The van der Waals surface area contributed by atoms with Crippen LogP contribution in [0.4, 0.5) is 10.2 Å². The molecule has 0 unspecified atom stereocenters. The van der Waals surface area contributed by atoms with Gasteiger partial charge in [-0.2, -0.15) is 12.7 Å². The smallest absolute Gasteiger partial charge is 0.303 e. The summed E-state index contributed by atoms with van der Waals surface area (Å²) < 4.78 is 52.3. The average Bonchev–Trinajstić information content (AvgIpc) is 2.89. The maximum Gasteiger partial charge on any atom is 0.303 e. The van der Waals surface area contributed by atoms with E-state index < -0.39 is 16.0 Å². The number of hydrogen-bond donors (Lipinski definition) is 1. The Morgan fingerprint density at radius 1 is 1.08 bits per heavy atom. The average molecular weight is 570 g/mol. The van der Waals surface area contributed by atoms with E-state index in [1.54, 1.807) is 37.3 Å². The number of pyridine rings is 1. The Morgan fingerprint density at radius 3 is 2.59 bits per heavy atom. The molecule has 39 heavy (non-hydrogen) atoms. The van der Waals surface area contributed by atoms with Gasteiger partial charge < -0.3 is 4.74 Å². The zero-order valence-corrected chi connectivity index (χ0v) is 23.0. The lowest BCUT2D eigenvalue weighted by Gasteiger charge is -2.30. The summed E-state index contributed by atoms with van der Waals surface area (Å²) in [7, 11) is -2.49. The van der Waals surface area contributed by atoms with Crippen molar-refractivity contribution in [1.29, 1.82) is 0 Å².